The number of carbonyl (C=O) groups excluding carboxylic acids is 1. The zero-order chi connectivity index (χ0) is 14.6. The van der Waals surface area contributed by atoms with E-state index < -0.39 is 0 Å². The van der Waals surface area contributed by atoms with Gasteiger partial charge in [0.05, 0.1) is 0 Å². The van der Waals surface area contributed by atoms with E-state index in [2.05, 4.69) is 33.0 Å². The summed E-state index contributed by atoms with van der Waals surface area (Å²) in [4.78, 5) is 12.1. The highest BCUT2D eigenvalue weighted by atomic mass is 16.3. The molecular formula is C16H25NO2. The third-order valence-corrected chi connectivity index (χ3v) is 3.67. The zero-order valence-corrected chi connectivity index (χ0v) is 12.5. The normalized spacial score (nSPS) is 11.4. The highest BCUT2D eigenvalue weighted by Crippen LogP contribution is 2.20. The molecule has 0 aromatic heterocycles. The van der Waals surface area contributed by atoms with Crippen LogP contribution in [-0.2, 0) is 0 Å². The first-order valence-electron chi connectivity index (χ1n) is 6.90. The summed E-state index contributed by atoms with van der Waals surface area (Å²) in [5.41, 5.74) is 1.32. The molecule has 0 aliphatic heterocycles. The summed E-state index contributed by atoms with van der Waals surface area (Å²) in [5.74, 6) is 1.71. The first kappa shape index (κ1) is 15.5. The Morgan fingerprint density at radius 1 is 1.21 bits per heavy atom. The summed E-state index contributed by atoms with van der Waals surface area (Å²) in [7, 11) is 0. The largest absolute Gasteiger partial charge is 0.508 e. The molecule has 0 unspecified atom stereocenters. The molecule has 3 heteroatoms. The molecule has 1 aromatic carbocycles. The summed E-state index contributed by atoms with van der Waals surface area (Å²) < 4.78 is 0. The maximum Gasteiger partial charge on any atom is 0.251 e. The maximum atomic E-state index is 12.1. The minimum absolute atomic E-state index is 0.0746. The summed E-state index contributed by atoms with van der Waals surface area (Å²) in [6.45, 7) is 11.2. The minimum atomic E-state index is -0.0746. The molecule has 0 fully saturated rings. The van der Waals surface area contributed by atoms with Crippen molar-refractivity contribution in [2.75, 3.05) is 6.54 Å². The average molecular weight is 263 g/mol. The van der Waals surface area contributed by atoms with Crippen LogP contribution in [-0.4, -0.2) is 17.6 Å². The van der Waals surface area contributed by atoms with E-state index in [1.165, 1.54) is 0 Å². The van der Waals surface area contributed by atoms with Crippen LogP contribution in [0, 0.1) is 24.7 Å². The number of aryl methyl sites for hydroxylation is 1. The SMILES string of the molecule is Cc1cc(C(=O)NCC(C(C)C)C(C)C)ccc1O. The molecule has 3 nitrogen and oxygen atoms in total. The quantitative estimate of drug-likeness (QED) is 0.855. The number of phenols is 1. The van der Waals surface area contributed by atoms with Crippen LogP contribution in [0.3, 0.4) is 0 Å². The fourth-order valence-electron chi connectivity index (χ4n) is 2.35. The summed E-state index contributed by atoms with van der Waals surface area (Å²) in [6, 6.07) is 4.93. The van der Waals surface area contributed by atoms with Crippen molar-refractivity contribution in [1.29, 1.82) is 0 Å². The molecule has 0 radical (unpaired) electrons. The topological polar surface area (TPSA) is 49.3 Å². The van der Waals surface area contributed by atoms with Crippen LogP contribution in [0.25, 0.3) is 0 Å². The number of rotatable bonds is 5. The van der Waals surface area contributed by atoms with Gasteiger partial charge in [0, 0.05) is 12.1 Å². The van der Waals surface area contributed by atoms with Crippen molar-refractivity contribution in [2.24, 2.45) is 17.8 Å². The molecule has 0 saturated heterocycles. The van der Waals surface area contributed by atoms with E-state index in [0.717, 1.165) is 5.56 Å². The third-order valence-electron chi connectivity index (χ3n) is 3.67. The van der Waals surface area contributed by atoms with Gasteiger partial charge in [-0.3, -0.25) is 4.79 Å². The second-order valence-corrected chi connectivity index (χ2v) is 5.86. The fraction of sp³-hybridized carbons (Fsp3) is 0.562. The Labute approximate surface area is 116 Å². The first-order valence-corrected chi connectivity index (χ1v) is 6.90. The Hall–Kier alpha value is -1.51. The van der Waals surface area contributed by atoms with Gasteiger partial charge in [0.2, 0.25) is 0 Å². The van der Waals surface area contributed by atoms with Crippen LogP contribution in [0.15, 0.2) is 18.2 Å². The third kappa shape index (κ3) is 4.27. The second kappa shape index (κ2) is 6.60. The Balaban J connectivity index is 2.66. The molecule has 0 bridgehead atoms. The van der Waals surface area contributed by atoms with Gasteiger partial charge in [-0.2, -0.15) is 0 Å². The Kier molecular flexibility index (Phi) is 5.40. The predicted octanol–water partition coefficient (Wildman–Crippen LogP) is 3.36. The van der Waals surface area contributed by atoms with Crippen molar-refractivity contribution >= 4 is 5.91 Å². The van der Waals surface area contributed by atoms with Crippen molar-refractivity contribution < 1.29 is 9.90 Å². The maximum absolute atomic E-state index is 12.1. The molecule has 0 spiro atoms. The van der Waals surface area contributed by atoms with Crippen molar-refractivity contribution in [2.45, 2.75) is 34.6 Å². The lowest BCUT2D eigenvalue weighted by molar-refractivity contribution is 0.0937. The van der Waals surface area contributed by atoms with Gasteiger partial charge in [0.1, 0.15) is 5.75 Å². The average Bonchev–Trinajstić information content (AvgIpc) is 2.31. The number of phenolic OH excluding ortho intramolecular Hbond substituents is 1. The van der Waals surface area contributed by atoms with E-state index in [0.29, 0.717) is 29.9 Å². The smallest absolute Gasteiger partial charge is 0.251 e. The van der Waals surface area contributed by atoms with Crippen LogP contribution in [0.2, 0.25) is 0 Å². The van der Waals surface area contributed by atoms with Crippen LogP contribution in [0.5, 0.6) is 5.75 Å². The molecule has 1 amide bonds. The van der Waals surface area contributed by atoms with Crippen LogP contribution >= 0.6 is 0 Å². The highest BCUT2D eigenvalue weighted by Gasteiger charge is 2.18. The fourth-order valence-corrected chi connectivity index (χ4v) is 2.35. The monoisotopic (exact) mass is 263 g/mol. The van der Waals surface area contributed by atoms with Crippen LogP contribution in [0.1, 0.15) is 43.6 Å². The number of nitrogens with one attached hydrogen (secondary N) is 1. The van der Waals surface area contributed by atoms with E-state index >= 15 is 0 Å². The molecule has 0 heterocycles. The van der Waals surface area contributed by atoms with Gasteiger partial charge in [-0.05, 0) is 48.4 Å². The van der Waals surface area contributed by atoms with Gasteiger partial charge in [-0.1, -0.05) is 27.7 Å². The van der Waals surface area contributed by atoms with Crippen molar-refractivity contribution in [1.82, 2.24) is 5.32 Å². The van der Waals surface area contributed by atoms with Crippen molar-refractivity contribution in [3.8, 4) is 5.75 Å². The number of aromatic hydroxyl groups is 1. The molecule has 1 aromatic rings. The van der Waals surface area contributed by atoms with Crippen LogP contribution < -0.4 is 5.32 Å². The standard InChI is InChI=1S/C16H25NO2/c1-10(2)14(11(3)4)9-17-16(19)13-6-7-15(18)12(5)8-13/h6-8,10-11,14,18H,9H2,1-5H3,(H,17,19). The van der Waals surface area contributed by atoms with Crippen molar-refractivity contribution in [3.05, 3.63) is 29.3 Å². The lowest BCUT2D eigenvalue weighted by Crippen LogP contribution is -2.33. The number of hydrogen-bond acceptors (Lipinski definition) is 2. The van der Waals surface area contributed by atoms with E-state index in [4.69, 9.17) is 0 Å². The number of hydrogen-bond donors (Lipinski definition) is 2. The van der Waals surface area contributed by atoms with Gasteiger partial charge in [0.25, 0.3) is 5.91 Å². The Bertz CT molecular complexity index is 430. The Morgan fingerprint density at radius 3 is 2.26 bits per heavy atom. The molecule has 0 saturated carbocycles. The summed E-state index contributed by atoms with van der Waals surface area (Å²) in [6.07, 6.45) is 0. The molecular weight excluding hydrogens is 238 g/mol. The number of carbonyl (C=O) groups is 1. The summed E-state index contributed by atoms with van der Waals surface area (Å²) >= 11 is 0. The molecule has 2 N–H and O–H groups in total. The number of amides is 1. The number of benzene rings is 1. The molecule has 0 aliphatic carbocycles. The van der Waals surface area contributed by atoms with Gasteiger partial charge >= 0.3 is 0 Å². The highest BCUT2D eigenvalue weighted by molar-refractivity contribution is 5.94. The molecule has 19 heavy (non-hydrogen) atoms. The second-order valence-electron chi connectivity index (χ2n) is 5.86. The molecule has 0 aliphatic rings. The Morgan fingerprint density at radius 2 is 1.79 bits per heavy atom. The van der Waals surface area contributed by atoms with E-state index in [9.17, 15) is 9.90 Å². The van der Waals surface area contributed by atoms with Crippen molar-refractivity contribution in [3.63, 3.8) is 0 Å². The van der Waals surface area contributed by atoms with Crippen LogP contribution in [0.4, 0.5) is 0 Å². The summed E-state index contributed by atoms with van der Waals surface area (Å²) in [5, 5.41) is 12.4. The molecule has 0 atom stereocenters. The predicted molar refractivity (Wildman–Crippen MR) is 78.3 cm³/mol. The van der Waals surface area contributed by atoms with Gasteiger partial charge < -0.3 is 10.4 Å². The lowest BCUT2D eigenvalue weighted by atomic mass is 9.85. The van der Waals surface area contributed by atoms with E-state index in [-0.39, 0.29) is 11.7 Å². The minimum Gasteiger partial charge on any atom is -0.508 e. The van der Waals surface area contributed by atoms with Gasteiger partial charge in [0.15, 0.2) is 0 Å². The van der Waals surface area contributed by atoms with Gasteiger partial charge in [-0.25, -0.2) is 0 Å². The van der Waals surface area contributed by atoms with Gasteiger partial charge in [-0.15, -0.1) is 0 Å². The first-order chi connectivity index (χ1) is 8.82. The van der Waals surface area contributed by atoms with E-state index in [1.807, 2.05) is 0 Å². The molecule has 106 valence electrons. The lowest BCUT2D eigenvalue weighted by Gasteiger charge is -2.25. The zero-order valence-electron chi connectivity index (χ0n) is 12.5. The molecule has 1 rings (SSSR count). The van der Waals surface area contributed by atoms with E-state index in [1.54, 1.807) is 25.1 Å².